The molecule has 3 amide bonds. The topological polar surface area (TPSA) is 40.6 Å². The number of nitrogens with zero attached hydrogens (tertiary/aromatic N) is 2. The van der Waals surface area contributed by atoms with E-state index in [0.717, 1.165) is 22.1 Å². The number of halogens is 3. The molecule has 0 saturated carbocycles. The van der Waals surface area contributed by atoms with Crippen LogP contribution in [0.4, 0.5) is 18.0 Å². The van der Waals surface area contributed by atoms with Gasteiger partial charge in [0, 0.05) is 18.7 Å². The highest BCUT2D eigenvalue weighted by molar-refractivity contribution is 6.09. The van der Waals surface area contributed by atoms with Gasteiger partial charge in [0.15, 0.2) is 0 Å². The van der Waals surface area contributed by atoms with Crippen molar-refractivity contribution in [1.82, 2.24) is 9.80 Å². The van der Waals surface area contributed by atoms with Crippen molar-refractivity contribution in [1.29, 1.82) is 0 Å². The molecule has 0 bridgehead atoms. The summed E-state index contributed by atoms with van der Waals surface area (Å²) >= 11 is 0. The maximum Gasteiger partial charge on any atom is 0.416 e. The Morgan fingerprint density at radius 3 is 1.89 bits per heavy atom. The first kappa shape index (κ1) is 24.3. The Kier molecular flexibility index (Phi) is 7.34. The van der Waals surface area contributed by atoms with Crippen molar-refractivity contribution in [3.8, 4) is 0 Å². The molecule has 1 aliphatic heterocycles. The Morgan fingerprint density at radius 2 is 1.29 bits per heavy atom. The largest absolute Gasteiger partial charge is 0.416 e. The van der Waals surface area contributed by atoms with E-state index in [4.69, 9.17) is 0 Å². The van der Waals surface area contributed by atoms with Crippen LogP contribution in [0.25, 0.3) is 6.08 Å². The maximum absolute atomic E-state index is 13.5. The second-order valence-electron chi connectivity index (χ2n) is 8.39. The smallest absolute Gasteiger partial charge is 0.319 e. The molecule has 3 aromatic rings. The fourth-order valence-corrected chi connectivity index (χ4v) is 4.11. The predicted octanol–water partition coefficient (Wildman–Crippen LogP) is 5.84. The molecular formula is C28H25F3N2O2. The lowest BCUT2D eigenvalue weighted by atomic mass is 10.0. The molecule has 1 fully saturated rings. The second-order valence-corrected chi connectivity index (χ2v) is 8.39. The summed E-state index contributed by atoms with van der Waals surface area (Å²) in [5.41, 5.74) is 1.23. The van der Waals surface area contributed by atoms with Gasteiger partial charge in [-0.3, -0.25) is 9.69 Å². The van der Waals surface area contributed by atoms with Crippen LogP contribution in [0.2, 0.25) is 0 Å². The summed E-state index contributed by atoms with van der Waals surface area (Å²) < 4.78 is 40.6. The van der Waals surface area contributed by atoms with Crippen molar-refractivity contribution in [3.05, 3.63) is 113 Å². The number of alkyl halides is 3. The third kappa shape index (κ3) is 5.98. The van der Waals surface area contributed by atoms with Gasteiger partial charge in [-0.25, -0.2) is 4.79 Å². The van der Waals surface area contributed by atoms with Crippen molar-refractivity contribution < 1.29 is 22.8 Å². The minimum Gasteiger partial charge on any atom is -0.319 e. The molecular weight excluding hydrogens is 453 g/mol. The van der Waals surface area contributed by atoms with E-state index in [9.17, 15) is 22.8 Å². The van der Waals surface area contributed by atoms with Gasteiger partial charge >= 0.3 is 12.2 Å². The number of carbonyl (C=O) groups is 2. The Labute approximate surface area is 202 Å². The van der Waals surface area contributed by atoms with E-state index in [1.807, 2.05) is 60.7 Å². The van der Waals surface area contributed by atoms with Crippen LogP contribution in [-0.2, 0) is 23.8 Å². The number of imide groups is 1. The molecule has 180 valence electrons. The molecule has 7 heteroatoms. The van der Waals surface area contributed by atoms with E-state index < -0.39 is 23.7 Å². The maximum atomic E-state index is 13.5. The summed E-state index contributed by atoms with van der Waals surface area (Å²) in [5.74, 6) is -0.557. The van der Waals surface area contributed by atoms with Gasteiger partial charge in [-0.2, -0.15) is 13.2 Å². The third-order valence-corrected chi connectivity index (χ3v) is 5.96. The first-order chi connectivity index (χ1) is 16.8. The Hall–Kier alpha value is -3.87. The van der Waals surface area contributed by atoms with Gasteiger partial charge in [0.2, 0.25) is 0 Å². The van der Waals surface area contributed by atoms with Crippen LogP contribution in [0.15, 0.2) is 90.5 Å². The average molecular weight is 479 g/mol. The standard InChI is InChI=1S/C28H25F3N2O2/c29-28(30,31)25-14-8-7-13-23(25)19-24-20-32(17-15-21-9-3-1-4-10-21)27(35)33(26(24)34)18-16-22-11-5-2-6-12-22/h1-14,19H,15-18,20H2/b24-19-. The van der Waals surface area contributed by atoms with E-state index in [-0.39, 0.29) is 24.2 Å². The lowest BCUT2D eigenvalue weighted by Crippen LogP contribution is -2.54. The van der Waals surface area contributed by atoms with Gasteiger partial charge in [-0.05, 0) is 41.7 Å². The van der Waals surface area contributed by atoms with E-state index >= 15 is 0 Å². The van der Waals surface area contributed by atoms with Crippen LogP contribution in [0.1, 0.15) is 22.3 Å². The van der Waals surface area contributed by atoms with Crippen molar-refractivity contribution in [2.24, 2.45) is 0 Å². The van der Waals surface area contributed by atoms with E-state index in [2.05, 4.69) is 0 Å². The first-order valence-electron chi connectivity index (χ1n) is 11.4. The van der Waals surface area contributed by atoms with Gasteiger partial charge in [0.25, 0.3) is 5.91 Å². The zero-order valence-corrected chi connectivity index (χ0v) is 19.0. The van der Waals surface area contributed by atoms with Crippen molar-refractivity contribution in [2.75, 3.05) is 19.6 Å². The van der Waals surface area contributed by atoms with Crippen molar-refractivity contribution in [3.63, 3.8) is 0 Å². The Balaban J connectivity index is 1.63. The van der Waals surface area contributed by atoms with Gasteiger partial charge in [0.1, 0.15) is 0 Å². The van der Waals surface area contributed by atoms with Crippen LogP contribution in [0.3, 0.4) is 0 Å². The summed E-state index contributed by atoms with van der Waals surface area (Å²) in [6.07, 6.45) is -2.26. The summed E-state index contributed by atoms with van der Waals surface area (Å²) in [5, 5.41) is 0. The molecule has 1 aliphatic rings. The van der Waals surface area contributed by atoms with E-state index in [1.165, 1.54) is 29.2 Å². The zero-order valence-electron chi connectivity index (χ0n) is 19.0. The normalized spacial score (nSPS) is 15.7. The highest BCUT2D eigenvalue weighted by Crippen LogP contribution is 2.33. The fourth-order valence-electron chi connectivity index (χ4n) is 4.11. The SMILES string of the molecule is O=C1/C(=C\c2ccccc2C(F)(F)F)CN(CCc2ccccc2)C(=O)N1CCc1ccccc1. The summed E-state index contributed by atoms with van der Waals surface area (Å²) in [7, 11) is 0. The molecule has 0 aliphatic carbocycles. The third-order valence-electron chi connectivity index (χ3n) is 5.96. The molecule has 1 saturated heterocycles. The Morgan fingerprint density at radius 1 is 0.743 bits per heavy atom. The summed E-state index contributed by atoms with van der Waals surface area (Å²) in [6, 6.07) is 23.8. The number of urea groups is 1. The van der Waals surface area contributed by atoms with E-state index in [0.29, 0.717) is 19.4 Å². The lowest BCUT2D eigenvalue weighted by Gasteiger charge is -2.36. The zero-order chi connectivity index (χ0) is 24.8. The van der Waals surface area contributed by atoms with Crippen LogP contribution < -0.4 is 0 Å². The highest BCUT2D eigenvalue weighted by Gasteiger charge is 2.36. The molecule has 0 atom stereocenters. The average Bonchev–Trinajstić information content (AvgIpc) is 2.86. The van der Waals surface area contributed by atoms with Crippen molar-refractivity contribution >= 4 is 18.0 Å². The van der Waals surface area contributed by atoms with Gasteiger partial charge in [-0.15, -0.1) is 0 Å². The number of rotatable bonds is 7. The molecule has 4 nitrogen and oxygen atoms in total. The number of hydrogen-bond donors (Lipinski definition) is 0. The second kappa shape index (κ2) is 10.6. The van der Waals surface area contributed by atoms with Crippen LogP contribution in [0.5, 0.6) is 0 Å². The molecule has 1 heterocycles. The molecule has 0 unspecified atom stereocenters. The molecule has 0 radical (unpaired) electrons. The predicted molar refractivity (Wildman–Crippen MR) is 128 cm³/mol. The molecule has 0 N–H and O–H groups in total. The van der Waals surface area contributed by atoms with Gasteiger partial charge in [-0.1, -0.05) is 78.9 Å². The van der Waals surface area contributed by atoms with Crippen LogP contribution >= 0.6 is 0 Å². The lowest BCUT2D eigenvalue weighted by molar-refractivity contribution is -0.137. The quantitative estimate of drug-likeness (QED) is 0.401. The Bertz CT molecular complexity index is 1210. The summed E-state index contributed by atoms with van der Waals surface area (Å²) in [4.78, 5) is 29.2. The van der Waals surface area contributed by atoms with Gasteiger partial charge in [0.05, 0.1) is 12.1 Å². The van der Waals surface area contributed by atoms with Crippen LogP contribution in [0, 0.1) is 0 Å². The van der Waals surface area contributed by atoms with Gasteiger partial charge < -0.3 is 4.90 Å². The number of amides is 3. The summed E-state index contributed by atoms with van der Waals surface area (Å²) in [6.45, 7) is 0.441. The molecule has 4 rings (SSSR count). The molecule has 3 aromatic carbocycles. The number of hydrogen-bond acceptors (Lipinski definition) is 2. The fraction of sp³-hybridized carbons (Fsp3) is 0.214. The van der Waals surface area contributed by atoms with Crippen molar-refractivity contribution in [2.45, 2.75) is 19.0 Å². The minimum atomic E-state index is -4.55. The first-order valence-corrected chi connectivity index (χ1v) is 11.4. The highest BCUT2D eigenvalue weighted by atomic mass is 19.4. The molecule has 0 aromatic heterocycles. The van der Waals surface area contributed by atoms with E-state index in [1.54, 1.807) is 0 Å². The monoisotopic (exact) mass is 478 g/mol. The van der Waals surface area contributed by atoms with Crippen LogP contribution in [-0.4, -0.2) is 41.4 Å². The minimum absolute atomic E-state index is 0.0431. The number of carbonyl (C=O) groups excluding carboxylic acids is 2. The number of benzene rings is 3. The molecule has 0 spiro atoms. The molecule has 35 heavy (non-hydrogen) atoms.